The number of methoxy groups -OCH3 is 1. The topological polar surface area (TPSA) is 74.1 Å². The van der Waals surface area contributed by atoms with Crippen molar-refractivity contribution >= 4 is 17.3 Å². The molecule has 0 aliphatic carbocycles. The summed E-state index contributed by atoms with van der Waals surface area (Å²) in [5.41, 5.74) is 4.44. The second-order valence-corrected chi connectivity index (χ2v) is 5.74. The second kappa shape index (κ2) is 8.02. The van der Waals surface area contributed by atoms with Gasteiger partial charge in [0.1, 0.15) is 17.4 Å². The Morgan fingerprint density at radius 2 is 1.84 bits per heavy atom. The van der Waals surface area contributed by atoms with E-state index >= 15 is 0 Å². The van der Waals surface area contributed by atoms with Crippen LogP contribution in [0.4, 0.5) is 11.4 Å². The quantitative estimate of drug-likeness (QED) is 0.638. The number of carbonyl (C=O) groups is 1. The van der Waals surface area contributed by atoms with Crippen molar-refractivity contribution in [1.82, 2.24) is 0 Å². The van der Waals surface area contributed by atoms with Crippen LogP contribution in [-0.4, -0.2) is 13.0 Å². The van der Waals surface area contributed by atoms with Crippen molar-refractivity contribution in [2.75, 3.05) is 17.7 Å². The minimum atomic E-state index is -0.495. The van der Waals surface area contributed by atoms with Gasteiger partial charge in [0.05, 0.1) is 12.8 Å². The number of para-hydroxylation sites is 1. The van der Waals surface area contributed by atoms with Gasteiger partial charge >= 0.3 is 0 Å². The number of ether oxygens (including phenoxy) is 1. The predicted molar refractivity (Wildman–Crippen MR) is 99.6 cm³/mol. The van der Waals surface area contributed by atoms with Gasteiger partial charge < -0.3 is 15.4 Å². The molecular weight excluding hydrogens is 314 g/mol. The molecule has 2 rings (SSSR count). The van der Waals surface area contributed by atoms with E-state index in [4.69, 9.17) is 4.74 Å². The summed E-state index contributed by atoms with van der Waals surface area (Å²) in [7, 11) is 1.53. The summed E-state index contributed by atoms with van der Waals surface area (Å²) in [6.07, 6.45) is 1.42. The van der Waals surface area contributed by atoms with Crippen LogP contribution in [0, 0.1) is 32.1 Å². The van der Waals surface area contributed by atoms with E-state index in [0.29, 0.717) is 11.4 Å². The van der Waals surface area contributed by atoms with E-state index in [2.05, 4.69) is 10.6 Å². The molecule has 5 nitrogen and oxygen atoms in total. The molecule has 0 spiro atoms. The summed E-state index contributed by atoms with van der Waals surface area (Å²) in [5.74, 6) is 0.0454. The van der Waals surface area contributed by atoms with E-state index < -0.39 is 5.91 Å². The fraction of sp³-hybridized carbons (Fsp3) is 0.200. The Kier molecular flexibility index (Phi) is 5.80. The lowest BCUT2D eigenvalue weighted by atomic mass is 10.1. The van der Waals surface area contributed by atoms with Gasteiger partial charge in [0.25, 0.3) is 5.91 Å². The van der Waals surface area contributed by atoms with Crippen molar-refractivity contribution in [3.05, 3.63) is 64.9 Å². The highest BCUT2D eigenvalue weighted by atomic mass is 16.5. The maximum absolute atomic E-state index is 12.4. The van der Waals surface area contributed by atoms with Crippen molar-refractivity contribution < 1.29 is 9.53 Å². The molecule has 0 saturated heterocycles. The molecule has 0 aliphatic rings. The van der Waals surface area contributed by atoms with Crippen LogP contribution in [0.1, 0.15) is 16.7 Å². The van der Waals surface area contributed by atoms with Gasteiger partial charge in [0.2, 0.25) is 0 Å². The van der Waals surface area contributed by atoms with Crippen molar-refractivity contribution in [2.45, 2.75) is 20.8 Å². The fourth-order valence-corrected chi connectivity index (χ4v) is 2.44. The molecule has 1 amide bonds. The Labute approximate surface area is 147 Å². The molecule has 0 aromatic heterocycles. The van der Waals surface area contributed by atoms with Gasteiger partial charge in [0, 0.05) is 11.9 Å². The van der Waals surface area contributed by atoms with Crippen LogP contribution in [0.5, 0.6) is 5.75 Å². The first-order valence-electron chi connectivity index (χ1n) is 7.85. The van der Waals surface area contributed by atoms with Crippen LogP contribution >= 0.6 is 0 Å². The van der Waals surface area contributed by atoms with Crippen molar-refractivity contribution in [3.63, 3.8) is 0 Å². The third kappa shape index (κ3) is 4.39. The van der Waals surface area contributed by atoms with Crippen LogP contribution in [0.2, 0.25) is 0 Å². The number of rotatable bonds is 5. The second-order valence-electron chi connectivity index (χ2n) is 5.74. The minimum absolute atomic E-state index is 0.0220. The highest BCUT2D eigenvalue weighted by Gasteiger charge is 2.13. The van der Waals surface area contributed by atoms with Crippen molar-refractivity contribution in [2.24, 2.45) is 0 Å². The van der Waals surface area contributed by atoms with Gasteiger partial charge in [0.15, 0.2) is 0 Å². The lowest BCUT2D eigenvalue weighted by molar-refractivity contribution is -0.112. The molecule has 25 heavy (non-hydrogen) atoms. The zero-order chi connectivity index (χ0) is 18.4. The van der Waals surface area contributed by atoms with E-state index in [1.54, 1.807) is 12.1 Å². The first kappa shape index (κ1) is 18.1. The van der Waals surface area contributed by atoms with Gasteiger partial charge in [-0.3, -0.25) is 4.79 Å². The lowest BCUT2D eigenvalue weighted by Crippen LogP contribution is -2.15. The number of benzene rings is 2. The van der Waals surface area contributed by atoms with E-state index in [1.807, 2.05) is 51.1 Å². The van der Waals surface area contributed by atoms with Crippen LogP contribution in [0.15, 0.2) is 48.2 Å². The summed E-state index contributed by atoms with van der Waals surface area (Å²) in [6.45, 7) is 5.85. The van der Waals surface area contributed by atoms with Gasteiger partial charge in [-0.1, -0.05) is 24.3 Å². The Morgan fingerprint density at radius 3 is 2.44 bits per heavy atom. The maximum atomic E-state index is 12.4. The zero-order valence-electron chi connectivity index (χ0n) is 14.8. The van der Waals surface area contributed by atoms with Gasteiger partial charge in [-0.2, -0.15) is 5.26 Å². The van der Waals surface area contributed by atoms with E-state index in [9.17, 15) is 10.1 Å². The molecule has 2 N–H and O–H groups in total. The Balaban J connectivity index is 2.22. The number of carbonyl (C=O) groups excluding carboxylic acids is 1. The number of nitriles is 1. The number of aryl methyl sites for hydroxylation is 3. The summed E-state index contributed by atoms with van der Waals surface area (Å²) in [6, 6.07) is 13.3. The molecule has 128 valence electrons. The van der Waals surface area contributed by atoms with Crippen molar-refractivity contribution in [3.8, 4) is 11.8 Å². The van der Waals surface area contributed by atoms with Crippen LogP contribution in [0.3, 0.4) is 0 Å². The molecular formula is C20H21N3O2. The van der Waals surface area contributed by atoms with E-state index in [1.165, 1.54) is 13.3 Å². The van der Waals surface area contributed by atoms with Crippen LogP contribution < -0.4 is 15.4 Å². The molecule has 0 atom stereocenters. The Bertz CT molecular complexity index is 843. The number of hydrogen-bond donors (Lipinski definition) is 2. The minimum Gasteiger partial charge on any atom is -0.495 e. The molecule has 0 bridgehead atoms. The molecule has 0 unspecified atom stereocenters. The summed E-state index contributed by atoms with van der Waals surface area (Å²) in [4.78, 5) is 12.4. The monoisotopic (exact) mass is 335 g/mol. The average molecular weight is 335 g/mol. The molecule has 0 fully saturated rings. The number of anilines is 2. The summed E-state index contributed by atoms with van der Waals surface area (Å²) < 4.78 is 5.24. The molecule has 0 saturated carbocycles. The normalized spacial score (nSPS) is 10.8. The molecule has 0 radical (unpaired) electrons. The van der Waals surface area contributed by atoms with E-state index in [-0.39, 0.29) is 5.57 Å². The number of amides is 1. The van der Waals surface area contributed by atoms with Gasteiger partial charge in [-0.25, -0.2) is 0 Å². The molecule has 2 aromatic carbocycles. The largest absolute Gasteiger partial charge is 0.495 e. The summed E-state index contributed by atoms with van der Waals surface area (Å²) in [5, 5.41) is 15.1. The third-order valence-corrected chi connectivity index (χ3v) is 3.81. The number of nitrogens with zero attached hydrogens (tertiary/aromatic N) is 1. The average Bonchev–Trinajstić information content (AvgIpc) is 2.58. The maximum Gasteiger partial charge on any atom is 0.267 e. The van der Waals surface area contributed by atoms with Gasteiger partial charge in [-0.15, -0.1) is 0 Å². The van der Waals surface area contributed by atoms with Crippen LogP contribution in [0.25, 0.3) is 0 Å². The number of nitrogens with one attached hydrogen (secondary N) is 2. The Hall–Kier alpha value is -3.26. The Morgan fingerprint density at radius 1 is 1.16 bits per heavy atom. The highest BCUT2D eigenvalue weighted by molar-refractivity contribution is 6.07. The highest BCUT2D eigenvalue weighted by Crippen LogP contribution is 2.26. The van der Waals surface area contributed by atoms with E-state index in [0.717, 1.165) is 22.4 Å². The molecule has 2 aromatic rings. The predicted octanol–water partition coefficient (Wildman–Crippen LogP) is 4.08. The summed E-state index contributed by atoms with van der Waals surface area (Å²) >= 11 is 0. The standard InChI is InChI=1S/C20H21N3O2/c1-13-8-9-18(25-4)17(10-13)23-20(24)16(11-21)12-22-19-14(2)6-5-7-15(19)3/h5-10,12,22H,1-4H3,(H,23,24)/b16-12-. The number of hydrogen-bond acceptors (Lipinski definition) is 4. The first-order chi connectivity index (χ1) is 12.0. The molecule has 0 heterocycles. The SMILES string of the molecule is COc1ccc(C)cc1NC(=O)/C(C#N)=C\Nc1c(C)cccc1C. The lowest BCUT2D eigenvalue weighted by Gasteiger charge is -2.12. The fourth-order valence-electron chi connectivity index (χ4n) is 2.44. The molecule has 0 aliphatic heterocycles. The zero-order valence-corrected chi connectivity index (χ0v) is 14.8. The third-order valence-electron chi connectivity index (χ3n) is 3.81. The van der Waals surface area contributed by atoms with Crippen LogP contribution in [-0.2, 0) is 4.79 Å². The smallest absolute Gasteiger partial charge is 0.267 e. The van der Waals surface area contributed by atoms with Crippen molar-refractivity contribution in [1.29, 1.82) is 5.26 Å². The molecule has 5 heteroatoms. The first-order valence-corrected chi connectivity index (χ1v) is 7.85. The van der Waals surface area contributed by atoms with Gasteiger partial charge in [-0.05, 0) is 49.6 Å².